The molecule has 0 aliphatic heterocycles. The van der Waals surface area contributed by atoms with E-state index in [1.165, 1.54) is 0 Å². The molecule has 6 N–H and O–H groups in total. The van der Waals surface area contributed by atoms with E-state index in [2.05, 4.69) is 21.5 Å². The molecule has 0 aliphatic carbocycles. The second kappa shape index (κ2) is 4.25. The number of carbonyl (C=O) groups is 2. The molecular weight excluding hydrogens is 154 g/mol. The quantitative estimate of drug-likeness (QED) is 0.305. The fourth-order valence-corrected chi connectivity index (χ4v) is 0.288. The summed E-state index contributed by atoms with van der Waals surface area (Å²) >= 11 is 0. The van der Waals surface area contributed by atoms with Crippen LogP contribution >= 0.6 is 0 Å². The highest BCUT2D eigenvalue weighted by molar-refractivity contribution is 5.95. The van der Waals surface area contributed by atoms with Gasteiger partial charge in [-0.25, -0.2) is 9.59 Å². The summed E-state index contributed by atoms with van der Waals surface area (Å²) in [5, 5.41) is 0. The molecule has 0 atom stereocenters. The number of hydrogen-bond donors (Lipinski definition) is 3. The summed E-state index contributed by atoms with van der Waals surface area (Å²) in [5.41, 5.74) is 4.47. The summed E-state index contributed by atoms with van der Waals surface area (Å²) in [7, 11) is 0. The Morgan fingerprint density at radius 1 is 1.18 bits per heavy atom. The molecule has 0 unspecified atom stereocenters. The Morgan fingerprint density at radius 3 is 2.09 bits per heavy atom. The Labute approximate surface area is 61.6 Å². The van der Waals surface area contributed by atoms with Gasteiger partial charge in [0.15, 0.2) is 0 Å². The van der Waals surface area contributed by atoms with Gasteiger partial charge in [0.2, 0.25) is 0 Å². The van der Waals surface area contributed by atoms with E-state index in [-0.39, 0.29) is 0 Å². The summed E-state index contributed by atoms with van der Waals surface area (Å²) in [6.45, 7) is 0. The maximum atomic E-state index is 10.4. The molecule has 7 heteroatoms. The summed E-state index contributed by atoms with van der Waals surface area (Å²) < 4.78 is 0. The molecule has 0 aromatic carbocycles. The molecule has 0 aliphatic rings. The van der Waals surface area contributed by atoms with Gasteiger partial charge >= 0.3 is 11.9 Å². The smallest absolute Gasteiger partial charge is 0.372 e. The number of nitrogens with two attached hydrogens (primary N) is 3. The predicted octanol–water partition coefficient (Wildman–Crippen LogP) is -2.34. The van der Waals surface area contributed by atoms with E-state index in [4.69, 9.17) is 5.73 Å². The minimum absolute atomic E-state index is 0.483. The van der Waals surface area contributed by atoms with Crippen molar-refractivity contribution >= 4 is 11.9 Å². The van der Waals surface area contributed by atoms with Crippen LogP contribution in [0.3, 0.4) is 0 Å². The topological polar surface area (TPSA) is 131 Å². The van der Waals surface area contributed by atoms with Gasteiger partial charge in [-0.2, -0.15) is 11.8 Å². The molecule has 7 nitrogen and oxygen atoms in total. The number of hydrogen-bond acceptors (Lipinski definition) is 7. The van der Waals surface area contributed by atoms with Crippen LogP contribution in [0.5, 0.6) is 0 Å². The Bertz CT molecular complexity index is 200. The van der Waals surface area contributed by atoms with Crippen LogP contribution in [0.2, 0.25) is 0 Å². The van der Waals surface area contributed by atoms with Gasteiger partial charge in [0, 0.05) is 0 Å². The van der Waals surface area contributed by atoms with E-state index in [1.54, 1.807) is 0 Å². The third-order valence-corrected chi connectivity index (χ3v) is 0.732. The third kappa shape index (κ3) is 3.18. The van der Waals surface area contributed by atoms with Crippen molar-refractivity contribution in [1.82, 2.24) is 0 Å². The molecule has 62 valence electrons. The van der Waals surface area contributed by atoms with Gasteiger partial charge in [-0.15, -0.1) is 0 Å². The van der Waals surface area contributed by atoms with Crippen molar-refractivity contribution in [2.75, 3.05) is 0 Å². The van der Waals surface area contributed by atoms with E-state index in [1.807, 2.05) is 0 Å². The standard InChI is InChI=1S/C4H7N3O4/c5-2(4(9)11-7)1-3(8)10-6/h1H,5-7H2/b2-1+. The third-order valence-electron chi connectivity index (χ3n) is 0.732. The molecule has 0 rings (SSSR count). The zero-order valence-electron chi connectivity index (χ0n) is 5.44. The van der Waals surface area contributed by atoms with Crippen molar-refractivity contribution in [2.45, 2.75) is 0 Å². The van der Waals surface area contributed by atoms with Crippen LogP contribution in [0.1, 0.15) is 0 Å². The fourth-order valence-electron chi connectivity index (χ4n) is 0.288. The molecule has 11 heavy (non-hydrogen) atoms. The van der Waals surface area contributed by atoms with Gasteiger partial charge in [0.05, 0.1) is 6.08 Å². The normalized spacial score (nSPS) is 10.5. The average molecular weight is 161 g/mol. The highest BCUT2D eigenvalue weighted by Gasteiger charge is 2.07. The Balaban J connectivity index is 4.21. The number of rotatable bonds is 2. The van der Waals surface area contributed by atoms with Crippen LogP contribution in [-0.4, -0.2) is 11.9 Å². The predicted molar refractivity (Wildman–Crippen MR) is 32.8 cm³/mol. The van der Waals surface area contributed by atoms with Gasteiger partial charge in [-0.1, -0.05) is 0 Å². The van der Waals surface area contributed by atoms with E-state index in [9.17, 15) is 9.59 Å². The van der Waals surface area contributed by atoms with Crippen LogP contribution in [0.4, 0.5) is 0 Å². The van der Waals surface area contributed by atoms with Gasteiger partial charge in [-0.3, -0.25) is 0 Å². The Morgan fingerprint density at radius 2 is 1.73 bits per heavy atom. The molecule has 0 aromatic rings. The molecule has 0 fully saturated rings. The largest absolute Gasteiger partial charge is 0.393 e. The summed E-state index contributed by atoms with van der Waals surface area (Å²) in [4.78, 5) is 28.0. The molecule has 0 spiro atoms. The lowest BCUT2D eigenvalue weighted by Gasteiger charge is -1.95. The zero-order chi connectivity index (χ0) is 8.85. The second-order valence-electron chi connectivity index (χ2n) is 1.44. The van der Waals surface area contributed by atoms with Crippen LogP contribution in [0.15, 0.2) is 11.8 Å². The van der Waals surface area contributed by atoms with Gasteiger partial charge in [0.1, 0.15) is 5.70 Å². The summed E-state index contributed by atoms with van der Waals surface area (Å²) in [5.74, 6) is 6.87. The van der Waals surface area contributed by atoms with Gasteiger partial charge < -0.3 is 15.4 Å². The first kappa shape index (κ1) is 9.40. The van der Waals surface area contributed by atoms with Crippen molar-refractivity contribution in [3.63, 3.8) is 0 Å². The van der Waals surface area contributed by atoms with E-state index < -0.39 is 17.6 Å². The zero-order valence-corrected chi connectivity index (χ0v) is 5.44. The molecule has 0 saturated heterocycles. The first-order valence-corrected chi connectivity index (χ1v) is 2.40. The SMILES string of the molecule is NOC(=O)/C=C(/N)C(=O)ON. The first-order valence-electron chi connectivity index (χ1n) is 2.40. The summed E-state index contributed by atoms with van der Waals surface area (Å²) in [6, 6.07) is 0. The lowest BCUT2D eigenvalue weighted by atomic mass is 10.4. The highest BCUT2D eigenvalue weighted by atomic mass is 16.7. The molecular formula is C4H7N3O4. The van der Waals surface area contributed by atoms with Crippen LogP contribution in [-0.2, 0) is 19.3 Å². The molecule has 0 radical (unpaired) electrons. The molecule has 0 heterocycles. The molecule has 0 saturated carbocycles. The Hall–Kier alpha value is -1.60. The van der Waals surface area contributed by atoms with Crippen LogP contribution < -0.4 is 17.5 Å². The average Bonchev–Trinajstić information content (AvgIpc) is 2.02. The molecule has 0 bridgehead atoms. The van der Waals surface area contributed by atoms with Gasteiger partial charge in [-0.05, 0) is 0 Å². The lowest BCUT2D eigenvalue weighted by molar-refractivity contribution is -0.142. The minimum atomic E-state index is -1.03. The number of carbonyl (C=O) groups excluding carboxylic acids is 2. The maximum Gasteiger partial charge on any atom is 0.372 e. The van der Waals surface area contributed by atoms with Crippen molar-refractivity contribution < 1.29 is 19.3 Å². The Kier molecular flexibility index (Phi) is 3.63. The van der Waals surface area contributed by atoms with Gasteiger partial charge in [0.25, 0.3) is 0 Å². The van der Waals surface area contributed by atoms with Crippen LogP contribution in [0.25, 0.3) is 0 Å². The van der Waals surface area contributed by atoms with Crippen molar-refractivity contribution in [3.8, 4) is 0 Å². The van der Waals surface area contributed by atoms with Crippen molar-refractivity contribution in [2.24, 2.45) is 17.5 Å². The first-order chi connectivity index (χ1) is 5.11. The minimum Gasteiger partial charge on any atom is -0.393 e. The monoisotopic (exact) mass is 161 g/mol. The highest BCUT2D eigenvalue weighted by Crippen LogP contribution is 1.86. The van der Waals surface area contributed by atoms with E-state index >= 15 is 0 Å². The lowest BCUT2D eigenvalue weighted by Crippen LogP contribution is -2.20. The van der Waals surface area contributed by atoms with Crippen molar-refractivity contribution in [1.29, 1.82) is 0 Å². The maximum absolute atomic E-state index is 10.4. The molecule has 0 aromatic heterocycles. The van der Waals surface area contributed by atoms with Crippen LogP contribution in [0, 0.1) is 0 Å². The fraction of sp³-hybridized carbons (Fsp3) is 0. The molecule has 0 amide bonds. The summed E-state index contributed by atoms with van der Waals surface area (Å²) in [6.07, 6.45) is 0.648. The second-order valence-corrected chi connectivity index (χ2v) is 1.44. The van der Waals surface area contributed by atoms with Crippen molar-refractivity contribution in [3.05, 3.63) is 11.8 Å². The van der Waals surface area contributed by atoms with E-state index in [0.717, 1.165) is 0 Å². The van der Waals surface area contributed by atoms with E-state index in [0.29, 0.717) is 6.08 Å².